The van der Waals surface area contributed by atoms with Crippen molar-refractivity contribution in [2.45, 2.75) is 57.5 Å². The average Bonchev–Trinajstić information content (AvgIpc) is 2.95. The average molecular weight is 232 g/mol. The zero-order chi connectivity index (χ0) is 11.7. The molecule has 0 amide bonds. The lowest BCUT2D eigenvalue weighted by atomic mass is 10.1. The summed E-state index contributed by atoms with van der Waals surface area (Å²) < 4.78 is 0. The van der Waals surface area contributed by atoms with Crippen LogP contribution in [0, 0.1) is 0 Å². The minimum Gasteiger partial charge on any atom is -0.326 e. The van der Waals surface area contributed by atoms with Gasteiger partial charge in [0, 0.05) is 23.8 Å². The van der Waals surface area contributed by atoms with Crippen LogP contribution in [0.4, 0.5) is 0 Å². The fraction of sp³-hybridized carbons (Fsp3) is 0.643. The summed E-state index contributed by atoms with van der Waals surface area (Å²) >= 11 is 0. The number of H-pyrrole nitrogens is 1. The molecule has 1 saturated carbocycles. The number of pyridine rings is 1. The quantitative estimate of drug-likeness (QED) is 0.836. The molecule has 1 fully saturated rings. The second-order valence-corrected chi connectivity index (χ2v) is 5.34. The molecular weight excluding hydrogens is 212 g/mol. The van der Waals surface area contributed by atoms with Crippen molar-refractivity contribution in [1.29, 1.82) is 0 Å². The summed E-state index contributed by atoms with van der Waals surface area (Å²) in [7, 11) is 0. The predicted octanol–water partition coefficient (Wildman–Crippen LogP) is 1.90. The lowest BCUT2D eigenvalue weighted by molar-refractivity contribution is 0.522. The van der Waals surface area contributed by atoms with Gasteiger partial charge in [0.2, 0.25) is 0 Å². The monoisotopic (exact) mass is 232 g/mol. The summed E-state index contributed by atoms with van der Waals surface area (Å²) in [6.07, 6.45) is 8.55. The number of hydrogen-bond acceptors (Lipinski definition) is 2. The normalized spacial score (nSPS) is 19.8. The van der Waals surface area contributed by atoms with Gasteiger partial charge in [0.25, 0.3) is 5.56 Å². The predicted molar refractivity (Wildman–Crippen MR) is 68.2 cm³/mol. The van der Waals surface area contributed by atoms with Gasteiger partial charge in [-0.2, -0.15) is 0 Å². The van der Waals surface area contributed by atoms with E-state index in [-0.39, 0.29) is 5.56 Å². The van der Waals surface area contributed by atoms with Gasteiger partial charge in [0.15, 0.2) is 0 Å². The first-order chi connectivity index (χ1) is 8.33. The molecule has 2 aliphatic carbocycles. The van der Waals surface area contributed by atoms with Gasteiger partial charge < -0.3 is 10.3 Å². The van der Waals surface area contributed by atoms with E-state index in [9.17, 15) is 4.79 Å². The highest BCUT2D eigenvalue weighted by Crippen LogP contribution is 2.20. The zero-order valence-electron chi connectivity index (χ0n) is 10.2. The highest BCUT2D eigenvalue weighted by molar-refractivity contribution is 5.29. The molecule has 3 nitrogen and oxygen atoms in total. The minimum atomic E-state index is 0.108. The van der Waals surface area contributed by atoms with Crippen LogP contribution in [-0.2, 0) is 19.4 Å². The molecule has 17 heavy (non-hydrogen) atoms. The second-order valence-electron chi connectivity index (χ2n) is 5.34. The Hall–Kier alpha value is -1.09. The van der Waals surface area contributed by atoms with Crippen LogP contribution in [0.25, 0.3) is 0 Å². The van der Waals surface area contributed by atoms with Crippen LogP contribution in [0.3, 0.4) is 0 Å². The third-order valence-electron chi connectivity index (χ3n) is 4.10. The maximum Gasteiger partial charge on any atom is 0.252 e. The van der Waals surface area contributed by atoms with Crippen LogP contribution in [0.1, 0.15) is 48.9 Å². The van der Waals surface area contributed by atoms with E-state index >= 15 is 0 Å². The topological polar surface area (TPSA) is 44.9 Å². The SMILES string of the molecule is O=c1[nH]c2c(cc1CNC1CCCC1)CCC2. The second kappa shape index (κ2) is 4.65. The molecule has 2 aliphatic rings. The molecule has 1 aromatic rings. The Morgan fingerprint density at radius 1 is 1.24 bits per heavy atom. The lowest BCUT2D eigenvalue weighted by Gasteiger charge is -2.11. The van der Waals surface area contributed by atoms with Crippen molar-refractivity contribution in [2.24, 2.45) is 0 Å². The van der Waals surface area contributed by atoms with E-state index in [1.165, 1.54) is 43.4 Å². The first-order valence-electron chi connectivity index (χ1n) is 6.80. The van der Waals surface area contributed by atoms with Crippen LogP contribution >= 0.6 is 0 Å². The Morgan fingerprint density at radius 2 is 2.06 bits per heavy atom. The summed E-state index contributed by atoms with van der Waals surface area (Å²) in [6.45, 7) is 0.729. The number of rotatable bonds is 3. The number of fused-ring (bicyclic) bond motifs is 1. The summed E-state index contributed by atoms with van der Waals surface area (Å²) in [5.74, 6) is 0. The Bertz CT molecular complexity index is 458. The molecule has 1 heterocycles. The third kappa shape index (κ3) is 2.29. The molecule has 0 unspecified atom stereocenters. The van der Waals surface area contributed by atoms with Gasteiger partial charge in [-0.25, -0.2) is 0 Å². The van der Waals surface area contributed by atoms with Crippen LogP contribution in [0.5, 0.6) is 0 Å². The maximum atomic E-state index is 11.9. The Balaban J connectivity index is 1.72. The first-order valence-corrected chi connectivity index (χ1v) is 6.80. The number of nitrogens with one attached hydrogen (secondary N) is 2. The van der Waals surface area contributed by atoms with E-state index < -0.39 is 0 Å². The van der Waals surface area contributed by atoms with E-state index in [2.05, 4.69) is 16.4 Å². The van der Waals surface area contributed by atoms with E-state index in [4.69, 9.17) is 0 Å². The van der Waals surface area contributed by atoms with Gasteiger partial charge >= 0.3 is 0 Å². The zero-order valence-corrected chi connectivity index (χ0v) is 10.2. The van der Waals surface area contributed by atoms with Crippen molar-refractivity contribution in [2.75, 3.05) is 0 Å². The number of aromatic amines is 1. The van der Waals surface area contributed by atoms with Crippen LogP contribution in [0.15, 0.2) is 10.9 Å². The maximum absolute atomic E-state index is 11.9. The van der Waals surface area contributed by atoms with Crippen LogP contribution in [-0.4, -0.2) is 11.0 Å². The van der Waals surface area contributed by atoms with Crippen molar-refractivity contribution in [1.82, 2.24) is 10.3 Å². The molecule has 0 radical (unpaired) electrons. The molecule has 0 saturated heterocycles. The molecule has 0 atom stereocenters. The minimum absolute atomic E-state index is 0.108. The van der Waals surface area contributed by atoms with E-state index in [0.29, 0.717) is 6.04 Å². The molecule has 3 rings (SSSR count). The molecule has 2 N–H and O–H groups in total. The molecule has 1 aromatic heterocycles. The van der Waals surface area contributed by atoms with E-state index in [1.807, 2.05) is 0 Å². The van der Waals surface area contributed by atoms with Crippen molar-refractivity contribution >= 4 is 0 Å². The van der Waals surface area contributed by atoms with E-state index in [1.54, 1.807) is 0 Å². The summed E-state index contributed by atoms with van der Waals surface area (Å²) in [6, 6.07) is 2.74. The fourth-order valence-corrected chi connectivity index (χ4v) is 3.08. The smallest absolute Gasteiger partial charge is 0.252 e. The van der Waals surface area contributed by atoms with Gasteiger partial charge in [-0.1, -0.05) is 12.8 Å². The van der Waals surface area contributed by atoms with Gasteiger partial charge in [-0.05, 0) is 43.7 Å². The molecule has 3 heteroatoms. The summed E-state index contributed by atoms with van der Waals surface area (Å²) in [5.41, 5.74) is 3.54. The molecule has 0 aromatic carbocycles. The van der Waals surface area contributed by atoms with Crippen LogP contribution < -0.4 is 10.9 Å². The molecule has 0 aliphatic heterocycles. The third-order valence-corrected chi connectivity index (χ3v) is 4.10. The lowest BCUT2D eigenvalue weighted by Crippen LogP contribution is -2.29. The standard InChI is InChI=1S/C14H20N2O/c17-14-11(9-15-12-5-1-2-6-12)8-10-4-3-7-13(10)16-14/h8,12,15H,1-7,9H2,(H,16,17). The first kappa shape index (κ1) is 11.0. The Morgan fingerprint density at radius 3 is 2.88 bits per heavy atom. The highest BCUT2D eigenvalue weighted by Gasteiger charge is 2.17. The van der Waals surface area contributed by atoms with Crippen molar-refractivity contribution in [3.63, 3.8) is 0 Å². The number of aromatic nitrogens is 1. The fourth-order valence-electron chi connectivity index (χ4n) is 3.08. The van der Waals surface area contributed by atoms with Crippen LogP contribution in [0.2, 0.25) is 0 Å². The van der Waals surface area contributed by atoms with Crippen molar-refractivity contribution < 1.29 is 0 Å². The molecule has 0 spiro atoms. The summed E-state index contributed by atoms with van der Waals surface area (Å²) in [5, 5.41) is 3.51. The van der Waals surface area contributed by atoms with E-state index in [0.717, 1.165) is 24.9 Å². The van der Waals surface area contributed by atoms with Gasteiger partial charge in [-0.3, -0.25) is 4.79 Å². The van der Waals surface area contributed by atoms with Crippen molar-refractivity contribution in [3.05, 3.63) is 33.2 Å². The molecule has 0 bridgehead atoms. The molecular formula is C14H20N2O. The Labute approximate surface area is 102 Å². The largest absolute Gasteiger partial charge is 0.326 e. The Kier molecular flexibility index (Phi) is 3.02. The van der Waals surface area contributed by atoms with Crippen molar-refractivity contribution in [3.8, 4) is 0 Å². The highest BCUT2D eigenvalue weighted by atomic mass is 16.1. The number of hydrogen-bond donors (Lipinski definition) is 2. The van der Waals surface area contributed by atoms with Gasteiger partial charge in [0.1, 0.15) is 0 Å². The molecule has 92 valence electrons. The summed E-state index contributed by atoms with van der Waals surface area (Å²) in [4.78, 5) is 14.9. The number of aryl methyl sites for hydroxylation is 2. The van der Waals surface area contributed by atoms with Gasteiger partial charge in [-0.15, -0.1) is 0 Å². The van der Waals surface area contributed by atoms with Gasteiger partial charge in [0.05, 0.1) is 0 Å².